The molecule has 0 unspecified atom stereocenters. The summed E-state index contributed by atoms with van der Waals surface area (Å²) in [5.41, 5.74) is 1.77. The van der Waals surface area contributed by atoms with E-state index in [0.717, 1.165) is 11.3 Å². The summed E-state index contributed by atoms with van der Waals surface area (Å²) in [6, 6.07) is 7.50. The Balaban J connectivity index is 2.85. The first-order valence-corrected chi connectivity index (χ1v) is 5.33. The van der Waals surface area contributed by atoms with Crippen molar-refractivity contribution in [2.24, 2.45) is 0 Å². The minimum atomic E-state index is -0.275. The summed E-state index contributed by atoms with van der Waals surface area (Å²) in [4.78, 5) is 11.1. The summed E-state index contributed by atoms with van der Waals surface area (Å²) in [6.07, 6.45) is 2.03. The van der Waals surface area contributed by atoms with E-state index >= 15 is 0 Å². The number of esters is 1. The number of benzene rings is 1. The van der Waals surface area contributed by atoms with E-state index in [4.69, 9.17) is 0 Å². The molecule has 0 aliphatic rings. The highest BCUT2D eigenvalue weighted by molar-refractivity contribution is 7.97. The fourth-order valence-corrected chi connectivity index (χ4v) is 1.59. The lowest BCUT2D eigenvalue weighted by Gasteiger charge is -2.01. The molecular weight excluding hydrogens is 184 g/mol. The summed E-state index contributed by atoms with van der Waals surface area (Å²) >= 11 is 1.73. The molecule has 0 aliphatic heterocycles. The maximum atomic E-state index is 11.1. The van der Waals surface area contributed by atoms with E-state index < -0.39 is 0 Å². The van der Waals surface area contributed by atoms with Crippen molar-refractivity contribution in [3.8, 4) is 0 Å². The van der Waals surface area contributed by atoms with Gasteiger partial charge in [0.25, 0.3) is 0 Å². The van der Waals surface area contributed by atoms with Gasteiger partial charge in [0.15, 0.2) is 0 Å². The molecule has 0 radical (unpaired) electrons. The first-order valence-electron chi connectivity index (χ1n) is 3.94. The zero-order chi connectivity index (χ0) is 9.68. The maximum Gasteiger partial charge on any atom is 0.337 e. The SMILES string of the molecule is COC(=O)c1cccc(CSC)c1. The van der Waals surface area contributed by atoms with Gasteiger partial charge in [0, 0.05) is 5.75 Å². The van der Waals surface area contributed by atoms with Crippen LogP contribution in [0.5, 0.6) is 0 Å². The molecule has 0 heterocycles. The second kappa shape index (κ2) is 4.92. The molecule has 0 atom stereocenters. The quantitative estimate of drug-likeness (QED) is 0.694. The number of hydrogen-bond donors (Lipinski definition) is 0. The lowest BCUT2D eigenvalue weighted by Crippen LogP contribution is -2.01. The van der Waals surface area contributed by atoms with Crippen molar-refractivity contribution in [2.45, 2.75) is 5.75 Å². The molecule has 70 valence electrons. The standard InChI is InChI=1S/C10H12O2S/c1-12-10(11)9-5-3-4-8(6-9)7-13-2/h3-6H,7H2,1-2H3. The topological polar surface area (TPSA) is 26.3 Å². The molecule has 0 spiro atoms. The molecule has 2 nitrogen and oxygen atoms in total. The van der Waals surface area contributed by atoms with Crippen LogP contribution in [0.4, 0.5) is 0 Å². The zero-order valence-electron chi connectivity index (χ0n) is 7.74. The van der Waals surface area contributed by atoms with Gasteiger partial charge in [-0.05, 0) is 24.0 Å². The fourth-order valence-electron chi connectivity index (χ4n) is 1.07. The first kappa shape index (κ1) is 10.1. The van der Waals surface area contributed by atoms with Crippen LogP contribution in [0.15, 0.2) is 24.3 Å². The van der Waals surface area contributed by atoms with Crippen molar-refractivity contribution in [1.29, 1.82) is 0 Å². The van der Waals surface area contributed by atoms with Crippen molar-refractivity contribution in [1.82, 2.24) is 0 Å². The molecule has 0 N–H and O–H groups in total. The molecule has 3 heteroatoms. The predicted molar refractivity (Wildman–Crippen MR) is 55.0 cm³/mol. The predicted octanol–water partition coefficient (Wildman–Crippen LogP) is 2.34. The van der Waals surface area contributed by atoms with Crippen LogP contribution in [0, 0.1) is 0 Å². The van der Waals surface area contributed by atoms with Gasteiger partial charge in [0.05, 0.1) is 12.7 Å². The van der Waals surface area contributed by atoms with Crippen molar-refractivity contribution < 1.29 is 9.53 Å². The molecule has 0 aromatic heterocycles. The Labute approximate surface area is 82.3 Å². The summed E-state index contributed by atoms with van der Waals surface area (Å²) in [5.74, 6) is 0.646. The van der Waals surface area contributed by atoms with Crippen molar-refractivity contribution in [3.63, 3.8) is 0 Å². The summed E-state index contributed by atoms with van der Waals surface area (Å²) in [6.45, 7) is 0. The maximum absolute atomic E-state index is 11.1. The summed E-state index contributed by atoms with van der Waals surface area (Å²) in [5, 5.41) is 0. The average Bonchev–Trinajstić information content (AvgIpc) is 2.18. The Bertz CT molecular complexity index is 297. The van der Waals surface area contributed by atoms with Gasteiger partial charge in [0.2, 0.25) is 0 Å². The molecule has 0 fully saturated rings. The molecule has 13 heavy (non-hydrogen) atoms. The second-order valence-corrected chi connectivity index (χ2v) is 3.49. The molecule has 0 aliphatic carbocycles. The lowest BCUT2D eigenvalue weighted by molar-refractivity contribution is 0.0600. The van der Waals surface area contributed by atoms with Crippen LogP contribution in [0.2, 0.25) is 0 Å². The van der Waals surface area contributed by atoms with E-state index in [2.05, 4.69) is 4.74 Å². The largest absolute Gasteiger partial charge is 0.465 e. The highest BCUT2D eigenvalue weighted by Crippen LogP contribution is 2.11. The summed E-state index contributed by atoms with van der Waals surface area (Å²) < 4.78 is 4.62. The minimum Gasteiger partial charge on any atom is -0.465 e. The van der Waals surface area contributed by atoms with Crippen molar-refractivity contribution in [2.75, 3.05) is 13.4 Å². The lowest BCUT2D eigenvalue weighted by atomic mass is 10.1. The van der Waals surface area contributed by atoms with E-state index in [1.807, 2.05) is 24.5 Å². The Hall–Kier alpha value is -0.960. The van der Waals surface area contributed by atoms with Crippen LogP contribution in [0.1, 0.15) is 15.9 Å². The third-order valence-corrected chi connectivity index (χ3v) is 2.28. The molecule has 0 saturated carbocycles. The van der Waals surface area contributed by atoms with Crippen LogP contribution < -0.4 is 0 Å². The highest BCUT2D eigenvalue weighted by atomic mass is 32.2. The average molecular weight is 196 g/mol. The van der Waals surface area contributed by atoms with Gasteiger partial charge in [-0.15, -0.1) is 0 Å². The van der Waals surface area contributed by atoms with Crippen LogP contribution in [0.25, 0.3) is 0 Å². The summed E-state index contributed by atoms with van der Waals surface area (Å²) in [7, 11) is 1.39. The number of ether oxygens (including phenoxy) is 1. The molecule has 1 aromatic rings. The van der Waals surface area contributed by atoms with Crippen LogP contribution in [-0.2, 0) is 10.5 Å². The third-order valence-electron chi connectivity index (χ3n) is 1.66. The van der Waals surface area contributed by atoms with Gasteiger partial charge in [0.1, 0.15) is 0 Å². The number of thioether (sulfide) groups is 1. The van der Waals surface area contributed by atoms with Gasteiger partial charge in [-0.2, -0.15) is 11.8 Å². The van der Waals surface area contributed by atoms with Crippen LogP contribution in [0.3, 0.4) is 0 Å². The second-order valence-electron chi connectivity index (χ2n) is 2.62. The van der Waals surface area contributed by atoms with Gasteiger partial charge in [-0.3, -0.25) is 0 Å². The first-order chi connectivity index (χ1) is 6.27. The number of methoxy groups -OCH3 is 1. The Morgan fingerprint density at radius 1 is 1.54 bits per heavy atom. The Kier molecular flexibility index (Phi) is 3.83. The molecule has 0 saturated heterocycles. The third kappa shape index (κ3) is 2.77. The zero-order valence-corrected chi connectivity index (χ0v) is 8.56. The van der Waals surface area contributed by atoms with Crippen LogP contribution in [-0.4, -0.2) is 19.3 Å². The highest BCUT2D eigenvalue weighted by Gasteiger charge is 2.04. The normalized spacial score (nSPS) is 9.69. The Morgan fingerprint density at radius 3 is 2.92 bits per heavy atom. The molecule has 1 rings (SSSR count). The van der Waals surface area contributed by atoms with E-state index in [1.54, 1.807) is 17.8 Å². The van der Waals surface area contributed by atoms with Gasteiger partial charge in [-0.1, -0.05) is 12.1 Å². The monoisotopic (exact) mass is 196 g/mol. The molecule has 0 amide bonds. The smallest absolute Gasteiger partial charge is 0.337 e. The number of hydrogen-bond acceptors (Lipinski definition) is 3. The number of carbonyl (C=O) groups is 1. The number of rotatable bonds is 3. The Morgan fingerprint density at radius 2 is 2.31 bits per heavy atom. The van der Waals surface area contributed by atoms with Gasteiger partial charge in [-0.25, -0.2) is 4.79 Å². The van der Waals surface area contributed by atoms with Gasteiger partial charge >= 0.3 is 5.97 Å². The molecule has 1 aromatic carbocycles. The van der Waals surface area contributed by atoms with E-state index in [1.165, 1.54) is 7.11 Å². The molecule has 0 bridgehead atoms. The fraction of sp³-hybridized carbons (Fsp3) is 0.300. The van der Waals surface area contributed by atoms with E-state index in [0.29, 0.717) is 5.56 Å². The number of carbonyl (C=O) groups excluding carboxylic acids is 1. The minimum absolute atomic E-state index is 0.275. The van der Waals surface area contributed by atoms with Gasteiger partial charge < -0.3 is 4.74 Å². The van der Waals surface area contributed by atoms with Crippen molar-refractivity contribution >= 4 is 17.7 Å². The van der Waals surface area contributed by atoms with E-state index in [9.17, 15) is 4.79 Å². The molecular formula is C10H12O2S. The van der Waals surface area contributed by atoms with Crippen molar-refractivity contribution in [3.05, 3.63) is 35.4 Å². The van der Waals surface area contributed by atoms with E-state index in [-0.39, 0.29) is 5.97 Å². The van der Waals surface area contributed by atoms with Crippen LogP contribution >= 0.6 is 11.8 Å².